The molecule has 1 aromatic carbocycles. The summed E-state index contributed by atoms with van der Waals surface area (Å²) in [7, 11) is 0. The lowest BCUT2D eigenvalue weighted by Gasteiger charge is -2.00. The van der Waals surface area contributed by atoms with Crippen LogP contribution in [0.3, 0.4) is 0 Å². The summed E-state index contributed by atoms with van der Waals surface area (Å²) in [6, 6.07) is 13.7. The Bertz CT molecular complexity index is 770. The highest BCUT2D eigenvalue weighted by atomic mass is 32.1. The van der Waals surface area contributed by atoms with E-state index >= 15 is 0 Å². The molecule has 0 radical (unpaired) electrons. The summed E-state index contributed by atoms with van der Waals surface area (Å²) in [6.07, 6.45) is 4.77. The molecule has 0 bridgehead atoms. The summed E-state index contributed by atoms with van der Waals surface area (Å²) >= 11 is 1.21. The Morgan fingerprint density at radius 3 is 2.59 bits per heavy atom. The number of benzene rings is 1. The number of aromatic carboxylic acids is 1. The van der Waals surface area contributed by atoms with Gasteiger partial charge in [0.2, 0.25) is 0 Å². The molecule has 0 spiro atoms. The Kier molecular flexibility index (Phi) is 4.25. The summed E-state index contributed by atoms with van der Waals surface area (Å²) in [6.45, 7) is 0. The summed E-state index contributed by atoms with van der Waals surface area (Å²) < 4.78 is 0. The van der Waals surface area contributed by atoms with Gasteiger partial charge in [-0.05, 0) is 30.5 Å². The number of carboxylic acid groups (broad SMARTS) is 1. The maximum absolute atomic E-state index is 11.4. The lowest BCUT2D eigenvalue weighted by atomic mass is 10.1. The van der Waals surface area contributed by atoms with Crippen LogP contribution in [-0.2, 0) is 12.8 Å². The van der Waals surface area contributed by atoms with E-state index in [0.717, 1.165) is 12.0 Å². The second-order valence-electron chi connectivity index (χ2n) is 4.83. The van der Waals surface area contributed by atoms with Gasteiger partial charge in [0.25, 0.3) is 0 Å². The molecule has 4 nitrogen and oxygen atoms in total. The molecule has 0 aliphatic carbocycles. The first-order chi connectivity index (χ1) is 10.7. The minimum absolute atomic E-state index is 0.315. The monoisotopic (exact) mass is 310 g/mol. The van der Waals surface area contributed by atoms with Gasteiger partial charge < -0.3 is 5.11 Å². The number of aryl methyl sites for hydroxylation is 2. The van der Waals surface area contributed by atoms with Crippen LogP contribution in [0.2, 0.25) is 0 Å². The molecule has 0 aliphatic rings. The van der Waals surface area contributed by atoms with Gasteiger partial charge in [-0.1, -0.05) is 30.3 Å². The normalized spacial score (nSPS) is 10.5. The summed E-state index contributed by atoms with van der Waals surface area (Å²) in [5, 5.41) is 10.1. The van der Waals surface area contributed by atoms with Gasteiger partial charge >= 0.3 is 5.97 Å². The molecule has 110 valence electrons. The Labute approximate surface area is 132 Å². The topological polar surface area (TPSA) is 63.1 Å². The second kappa shape index (κ2) is 6.49. The molecule has 0 fully saturated rings. The van der Waals surface area contributed by atoms with Crippen molar-refractivity contribution in [3.8, 4) is 10.6 Å². The maximum Gasteiger partial charge on any atom is 0.347 e. The number of hydrogen-bond acceptors (Lipinski definition) is 4. The Morgan fingerprint density at radius 1 is 1.09 bits per heavy atom. The SMILES string of the molecule is O=C(O)c1sc(-c2cccnc2)nc1CCc1ccccc1. The van der Waals surface area contributed by atoms with Crippen LogP contribution in [-0.4, -0.2) is 21.0 Å². The van der Waals surface area contributed by atoms with Gasteiger partial charge in [0, 0.05) is 18.0 Å². The molecule has 0 unspecified atom stereocenters. The smallest absolute Gasteiger partial charge is 0.347 e. The summed E-state index contributed by atoms with van der Waals surface area (Å²) in [4.78, 5) is 20.3. The quantitative estimate of drug-likeness (QED) is 0.780. The number of aromatic nitrogens is 2. The van der Waals surface area contributed by atoms with E-state index in [0.29, 0.717) is 22.0 Å². The predicted octanol–water partition coefficient (Wildman–Crippen LogP) is 3.69. The number of rotatable bonds is 5. The molecule has 3 aromatic rings. The second-order valence-corrected chi connectivity index (χ2v) is 5.83. The molecule has 3 rings (SSSR count). The van der Waals surface area contributed by atoms with Crippen molar-refractivity contribution < 1.29 is 9.90 Å². The van der Waals surface area contributed by atoms with Gasteiger partial charge in [-0.2, -0.15) is 0 Å². The number of pyridine rings is 1. The molecule has 0 aliphatic heterocycles. The highest BCUT2D eigenvalue weighted by Crippen LogP contribution is 2.28. The zero-order chi connectivity index (χ0) is 15.4. The van der Waals surface area contributed by atoms with Gasteiger partial charge in [0.15, 0.2) is 0 Å². The van der Waals surface area contributed by atoms with Crippen molar-refractivity contribution in [2.24, 2.45) is 0 Å². The molecule has 0 saturated heterocycles. The van der Waals surface area contributed by atoms with Gasteiger partial charge in [-0.3, -0.25) is 4.98 Å². The predicted molar refractivity (Wildman–Crippen MR) is 86.2 cm³/mol. The van der Waals surface area contributed by atoms with Crippen molar-refractivity contribution in [3.05, 3.63) is 71.0 Å². The fraction of sp³-hybridized carbons (Fsp3) is 0.118. The van der Waals surface area contributed by atoms with Crippen LogP contribution in [0.25, 0.3) is 10.6 Å². The van der Waals surface area contributed by atoms with Crippen molar-refractivity contribution in [2.45, 2.75) is 12.8 Å². The molecule has 2 aromatic heterocycles. The van der Waals surface area contributed by atoms with Gasteiger partial charge in [0.1, 0.15) is 9.88 Å². The zero-order valence-corrected chi connectivity index (χ0v) is 12.6. The fourth-order valence-electron chi connectivity index (χ4n) is 2.21. The van der Waals surface area contributed by atoms with Crippen molar-refractivity contribution in [1.29, 1.82) is 0 Å². The van der Waals surface area contributed by atoms with E-state index in [1.54, 1.807) is 12.4 Å². The molecule has 0 atom stereocenters. The Hall–Kier alpha value is -2.53. The van der Waals surface area contributed by atoms with Gasteiger partial charge in [-0.25, -0.2) is 9.78 Å². The molecular weight excluding hydrogens is 296 g/mol. The lowest BCUT2D eigenvalue weighted by Crippen LogP contribution is -2.00. The third kappa shape index (κ3) is 3.20. The summed E-state index contributed by atoms with van der Waals surface area (Å²) in [5.74, 6) is -0.921. The van der Waals surface area contributed by atoms with Crippen LogP contribution in [0, 0.1) is 0 Å². The lowest BCUT2D eigenvalue weighted by molar-refractivity contribution is 0.0700. The molecule has 2 heterocycles. The van der Waals surface area contributed by atoms with Crippen molar-refractivity contribution in [2.75, 3.05) is 0 Å². The standard InChI is InChI=1S/C17H14N2O2S/c20-17(21)15-14(9-8-12-5-2-1-3-6-12)19-16(22-15)13-7-4-10-18-11-13/h1-7,10-11H,8-9H2,(H,20,21). The third-order valence-corrected chi connectivity index (χ3v) is 4.43. The van der Waals surface area contributed by atoms with Crippen LogP contribution in [0.1, 0.15) is 20.9 Å². The first kappa shape index (κ1) is 14.4. The van der Waals surface area contributed by atoms with Crippen LogP contribution in [0.4, 0.5) is 0 Å². The van der Waals surface area contributed by atoms with Crippen molar-refractivity contribution in [1.82, 2.24) is 9.97 Å². The molecule has 1 N–H and O–H groups in total. The highest BCUT2D eigenvalue weighted by molar-refractivity contribution is 7.17. The van der Waals surface area contributed by atoms with Crippen LogP contribution in [0.5, 0.6) is 0 Å². The van der Waals surface area contributed by atoms with Crippen molar-refractivity contribution in [3.63, 3.8) is 0 Å². The van der Waals surface area contributed by atoms with Crippen LogP contribution in [0.15, 0.2) is 54.9 Å². The van der Waals surface area contributed by atoms with E-state index in [1.807, 2.05) is 42.5 Å². The van der Waals surface area contributed by atoms with E-state index in [9.17, 15) is 9.90 Å². The van der Waals surface area contributed by atoms with E-state index in [4.69, 9.17) is 0 Å². The van der Waals surface area contributed by atoms with E-state index in [-0.39, 0.29) is 0 Å². The average Bonchev–Trinajstić information content (AvgIpc) is 2.99. The Balaban J connectivity index is 1.86. The third-order valence-electron chi connectivity index (χ3n) is 3.29. The van der Waals surface area contributed by atoms with E-state index < -0.39 is 5.97 Å². The summed E-state index contributed by atoms with van der Waals surface area (Å²) in [5.41, 5.74) is 2.66. The van der Waals surface area contributed by atoms with Gasteiger partial charge in [-0.15, -0.1) is 11.3 Å². The maximum atomic E-state index is 11.4. The van der Waals surface area contributed by atoms with Crippen molar-refractivity contribution >= 4 is 17.3 Å². The number of nitrogens with zero attached hydrogens (tertiary/aromatic N) is 2. The zero-order valence-electron chi connectivity index (χ0n) is 11.8. The molecule has 0 saturated carbocycles. The number of hydrogen-bond donors (Lipinski definition) is 1. The number of carboxylic acids is 1. The molecule has 22 heavy (non-hydrogen) atoms. The first-order valence-electron chi connectivity index (χ1n) is 6.91. The average molecular weight is 310 g/mol. The van der Waals surface area contributed by atoms with Crippen LogP contribution < -0.4 is 0 Å². The minimum atomic E-state index is -0.921. The Morgan fingerprint density at radius 2 is 1.91 bits per heavy atom. The molecule has 0 amide bonds. The first-order valence-corrected chi connectivity index (χ1v) is 7.73. The van der Waals surface area contributed by atoms with Gasteiger partial charge in [0.05, 0.1) is 5.69 Å². The molecule has 5 heteroatoms. The number of thiazole rings is 1. The molecular formula is C17H14N2O2S. The largest absolute Gasteiger partial charge is 0.477 e. The van der Waals surface area contributed by atoms with E-state index in [1.165, 1.54) is 16.9 Å². The highest BCUT2D eigenvalue weighted by Gasteiger charge is 2.18. The fourth-order valence-corrected chi connectivity index (χ4v) is 3.15. The van der Waals surface area contributed by atoms with Crippen LogP contribution >= 0.6 is 11.3 Å². The number of carbonyl (C=O) groups is 1. The minimum Gasteiger partial charge on any atom is -0.477 e. The van der Waals surface area contributed by atoms with E-state index in [2.05, 4.69) is 9.97 Å².